The fourth-order valence-corrected chi connectivity index (χ4v) is 2.34. The lowest BCUT2D eigenvalue weighted by Gasteiger charge is -2.43. The lowest BCUT2D eigenvalue weighted by atomic mass is 9.91. The van der Waals surface area contributed by atoms with Crippen molar-refractivity contribution in [3.05, 3.63) is 0 Å². The second kappa shape index (κ2) is 6.48. The molecule has 3 nitrogen and oxygen atoms in total. The van der Waals surface area contributed by atoms with Gasteiger partial charge < -0.3 is 9.79 Å². The van der Waals surface area contributed by atoms with Crippen molar-refractivity contribution in [1.82, 2.24) is 0 Å². The molecule has 0 saturated heterocycles. The van der Waals surface area contributed by atoms with E-state index in [-0.39, 0.29) is 0 Å². The Morgan fingerprint density at radius 3 is 0.862 bits per heavy atom. The molecule has 0 radical (unpaired) electrons. The van der Waals surface area contributed by atoms with Gasteiger partial charge in [0, 0.05) is 0 Å². The average Bonchev–Trinajstić information content (AvgIpc) is 2.41. The van der Waals surface area contributed by atoms with Gasteiger partial charge in [-0.15, -0.1) is 0 Å². The first-order valence-corrected chi connectivity index (χ1v) is 7.38. The Morgan fingerprint density at radius 2 is 0.655 bits per heavy atom. The van der Waals surface area contributed by atoms with E-state index >= 15 is 0 Å². The molecule has 21 heteroatoms. The van der Waals surface area contributed by atoms with Gasteiger partial charge in [0.15, 0.2) is 0 Å². The molecule has 0 spiro atoms. The van der Waals surface area contributed by atoms with Gasteiger partial charge in [0.1, 0.15) is 0 Å². The first-order valence-electron chi connectivity index (χ1n) is 5.77. The summed E-state index contributed by atoms with van der Waals surface area (Å²) in [6, 6.07) is 0. The normalized spacial score (nSPS) is 18.6. The number of hydrogen-bond donors (Lipinski definition) is 2. The molecule has 0 bridgehead atoms. The quantitative estimate of drug-likeness (QED) is 0.393. The second-order valence-corrected chi connectivity index (χ2v) is 6.74. The van der Waals surface area contributed by atoms with Crippen molar-refractivity contribution in [3.63, 3.8) is 0 Å². The number of halogens is 17. The maximum absolute atomic E-state index is 13.4. The highest BCUT2D eigenvalue weighted by Gasteiger charge is 2.97. The van der Waals surface area contributed by atoms with E-state index in [1.807, 2.05) is 0 Å². The largest absolute Gasteiger partial charge is 0.460 e. The van der Waals surface area contributed by atoms with Gasteiger partial charge in [0.2, 0.25) is 0 Å². The first kappa shape index (κ1) is 28.0. The van der Waals surface area contributed by atoms with Crippen molar-refractivity contribution in [3.8, 4) is 0 Å². The van der Waals surface area contributed by atoms with Gasteiger partial charge in [-0.2, -0.15) is 70.2 Å². The van der Waals surface area contributed by atoms with Crippen LogP contribution in [0.2, 0.25) is 0 Å². The van der Waals surface area contributed by atoms with Crippen LogP contribution in [0.25, 0.3) is 0 Å². The molecule has 0 rings (SSSR count). The molecule has 0 aliphatic carbocycles. The molecule has 1 unspecified atom stereocenters. The highest BCUT2D eigenvalue weighted by Crippen LogP contribution is 2.71. The smallest absolute Gasteiger partial charge is 0.322 e. The van der Waals surface area contributed by atoms with Crippen LogP contribution < -0.4 is 0 Å². The molecule has 176 valence electrons. The summed E-state index contributed by atoms with van der Waals surface area (Å²) < 4.78 is 226. The van der Waals surface area contributed by atoms with Gasteiger partial charge in [0.25, 0.3) is 0 Å². The maximum Gasteiger partial charge on any atom is 0.460 e. The summed E-state index contributed by atoms with van der Waals surface area (Å²) in [5.74, 6) is -43.5. The molecule has 29 heavy (non-hydrogen) atoms. The fraction of sp³-hybridized carbons (Fsp3) is 1.00. The van der Waals surface area contributed by atoms with Gasteiger partial charge in [-0.25, -0.2) is 4.39 Å². The third-order valence-corrected chi connectivity index (χ3v) is 4.46. The van der Waals surface area contributed by atoms with E-state index in [9.17, 15) is 79.2 Å². The Labute approximate surface area is 145 Å². The third kappa shape index (κ3) is 3.34. The zero-order chi connectivity index (χ0) is 24.5. The Kier molecular flexibility index (Phi) is 6.25. The van der Waals surface area contributed by atoms with E-state index in [1.165, 1.54) is 0 Å². The molecular weight excluding hydrogens is 498 g/mol. The van der Waals surface area contributed by atoms with Gasteiger partial charge in [0.05, 0.1) is 0 Å². The van der Waals surface area contributed by atoms with Crippen LogP contribution in [-0.4, -0.2) is 57.2 Å². The zero-order valence-electron chi connectivity index (χ0n) is 12.2. The molecule has 0 aromatic carbocycles. The molecule has 0 aromatic heterocycles. The molecule has 0 aliphatic rings. The molecular formula is C8H2F17O3P. The van der Waals surface area contributed by atoms with Gasteiger partial charge in [-0.3, -0.25) is 4.57 Å². The van der Waals surface area contributed by atoms with Crippen molar-refractivity contribution in [2.45, 2.75) is 47.4 Å². The third-order valence-electron chi connectivity index (χ3n) is 3.13. The van der Waals surface area contributed by atoms with E-state index in [2.05, 4.69) is 0 Å². The molecule has 1 atom stereocenters. The summed E-state index contributed by atoms with van der Waals surface area (Å²) in [6.07, 6.45) is -15.8. The molecule has 0 heterocycles. The minimum Gasteiger partial charge on any atom is -0.322 e. The standard InChI is InChI=1S/C8H2F17O3P/c9-1(10,3(13,14)5(17,18)7(20,21)22)2(11,12)4(15,16)6(19,8(23,24)25)29(26,27)28/h(H2,26,27,28). The summed E-state index contributed by atoms with van der Waals surface area (Å²) in [7, 11) is -8.43. The summed E-state index contributed by atoms with van der Waals surface area (Å²) in [5.41, 5.74) is 0. The molecule has 0 amide bonds. The van der Waals surface area contributed by atoms with Crippen LogP contribution in [0.15, 0.2) is 0 Å². The lowest BCUT2D eigenvalue weighted by Crippen LogP contribution is -2.74. The van der Waals surface area contributed by atoms with Crippen LogP contribution in [0, 0.1) is 0 Å². The van der Waals surface area contributed by atoms with E-state index in [4.69, 9.17) is 9.79 Å². The SMILES string of the molecule is O=P(O)(O)C(F)(C(F)(F)F)C(F)(F)C(F)(F)C(F)(F)C(F)(F)C(F)(F)C(F)(F)F. The van der Waals surface area contributed by atoms with Gasteiger partial charge in [-0.05, 0) is 0 Å². The fourth-order valence-electron chi connectivity index (χ4n) is 1.50. The van der Waals surface area contributed by atoms with Crippen molar-refractivity contribution >= 4 is 7.60 Å². The van der Waals surface area contributed by atoms with Crippen LogP contribution in [-0.2, 0) is 4.57 Å². The summed E-state index contributed by atoms with van der Waals surface area (Å²) in [4.78, 5) is 15.9. The second-order valence-electron chi connectivity index (χ2n) is 5.03. The van der Waals surface area contributed by atoms with Crippen LogP contribution in [0.3, 0.4) is 0 Å². The highest BCUT2D eigenvalue weighted by atomic mass is 31.2. The highest BCUT2D eigenvalue weighted by molar-refractivity contribution is 7.53. The predicted molar refractivity (Wildman–Crippen MR) is 52.7 cm³/mol. The van der Waals surface area contributed by atoms with Crippen LogP contribution >= 0.6 is 7.60 Å². The minimum atomic E-state index is -8.89. The Bertz CT molecular complexity index is 671. The van der Waals surface area contributed by atoms with E-state index in [1.54, 1.807) is 0 Å². The minimum absolute atomic E-state index is 7.88. The van der Waals surface area contributed by atoms with Gasteiger partial charge >= 0.3 is 55.0 Å². The summed E-state index contributed by atoms with van der Waals surface area (Å²) in [5, 5.41) is -8.12. The average molecular weight is 500 g/mol. The maximum atomic E-state index is 13.4. The van der Waals surface area contributed by atoms with E-state index in [0.29, 0.717) is 0 Å². The Balaban J connectivity index is 7.08. The van der Waals surface area contributed by atoms with Crippen LogP contribution in [0.1, 0.15) is 0 Å². The van der Waals surface area contributed by atoms with Gasteiger partial charge in [-0.1, -0.05) is 0 Å². The van der Waals surface area contributed by atoms with Crippen molar-refractivity contribution in [2.24, 2.45) is 0 Å². The van der Waals surface area contributed by atoms with E-state index in [0.717, 1.165) is 0 Å². The number of rotatable bonds is 6. The van der Waals surface area contributed by atoms with Crippen LogP contribution in [0.5, 0.6) is 0 Å². The van der Waals surface area contributed by atoms with Crippen molar-refractivity contribution < 1.29 is 89.0 Å². The topological polar surface area (TPSA) is 57.5 Å². The molecule has 0 aliphatic heterocycles. The molecule has 2 N–H and O–H groups in total. The lowest BCUT2D eigenvalue weighted by molar-refractivity contribution is -0.451. The van der Waals surface area contributed by atoms with E-state index < -0.39 is 55.0 Å². The summed E-state index contributed by atoms with van der Waals surface area (Å²) in [6.45, 7) is 0. The first-order chi connectivity index (χ1) is 12.0. The molecule has 0 aromatic rings. The number of alkyl halides is 17. The van der Waals surface area contributed by atoms with Crippen LogP contribution in [0.4, 0.5) is 74.6 Å². The Hall–Kier alpha value is -1.04. The number of hydrogen-bond acceptors (Lipinski definition) is 1. The van der Waals surface area contributed by atoms with Crippen molar-refractivity contribution in [2.75, 3.05) is 0 Å². The van der Waals surface area contributed by atoms with Crippen molar-refractivity contribution in [1.29, 1.82) is 0 Å². The monoisotopic (exact) mass is 500 g/mol. The summed E-state index contributed by atoms with van der Waals surface area (Å²) >= 11 is 0. The predicted octanol–water partition coefficient (Wildman–Crippen LogP) is 5.13. The molecule has 0 saturated carbocycles. The zero-order valence-corrected chi connectivity index (χ0v) is 13.1. The Morgan fingerprint density at radius 1 is 0.414 bits per heavy atom. The molecule has 0 fully saturated rings.